The van der Waals surface area contributed by atoms with Crippen LogP contribution in [-0.4, -0.2) is 55.2 Å². The second-order valence-electron chi connectivity index (χ2n) is 5.68. The number of fused-ring (bicyclic) bond motifs is 1. The van der Waals surface area contributed by atoms with Crippen LogP contribution >= 0.6 is 11.6 Å². The molecule has 0 aromatic heterocycles. The molecule has 1 saturated heterocycles. The molecule has 2 atom stereocenters. The lowest BCUT2D eigenvalue weighted by molar-refractivity contribution is -0.136. The summed E-state index contributed by atoms with van der Waals surface area (Å²) in [6.45, 7) is 0.868. The van der Waals surface area contributed by atoms with E-state index in [1.807, 2.05) is 4.90 Å². The van der Waals surface area contributed by atoms with Crippen LogP contribution in [-0.2, 0) is 9.59 Å². The summed E-state index contributed by atoms with van der Waals surface area (Å²) >= 11 is 6.00. The summed E-state index contributed by atoms with van der Waals surface area (Å²) in [5.74, 6) is -0.365. The minimum Gasteiger partial charge on any atom is -0.490 e. The number of ether oxygens (including phenoxy) is 1. The van der Waals surface area contributed by atoms with Gasteiger partial charge in [0.2, 0.25) is 11.8 Å². The molecule has 1 fully saturated rings. The van der Waals surface area contributed by atoms with Gasteiger partial charge in [-0.2, -0.15) is 0 Å². The van der Waals surface area contributed by atoms with Crippen LogP contribution < -0.4 is 15.4 Å². The Morgan fingerprint density at radius 1 is 1.43 bits per heavy atom. The zero-order valence-electron chi connectivity index (χ0n) is 12.4. The molecule has 6 nitrogen and oxygen atoms in total. The number of likely N-dealkylation sites (tertiary alicyclic amines) is 1. The SMILES string of the molecule is NC(=O)[C@@H]1C[C@@H](F)CN1C(=O)CN1CCOc2ccc(Cl)cc21. The number of carbonyl (C=O) groups excluding carboxylic acids is 2. The van der Waals surface area contributed by atoms with Crippen molar-refractivity contribution in [3.63, 3.8) is 0 Å². The number of anilines is 1. The Morgan fingerprint density at radius 3 is 2.96 bits per heavy atom. The summed E-state index contributed by atoms with van der Waals surface area (Å²) in [7, 11) is 0. The van der Waals surface area contributed by atoms with Crippen LogP contribution in [0.2, 0.25) is 5.02 Å². The fourth-order valence-corrected chi connectivity index (χ4v) is 3.16. The Morgan fingerprint density at radius 2 is 2.22 bits per heavy atom. The van der Waals surface area contributed by atoms with Gasteiger partial charge in [-0.05, 0) is 18.2 Å². The van der Waals surface area contributed by atoms with E-state index in [4.69, 9.17) is 22.1 Å². The topological polar surface area (TPSA) is 75.9 Å². The van der Waals surface area contributed by atoms with E-state index in [0.717, 1.165) is 0 Å². The molecule has 0 radical (unpaired) electrons. The lowest BCUT2D eigenvalue weighted by atomic mass is 10.2. The van der Waals surface area contributed by atoms with Crippen molar-refractivity contribution in [2.24, 2.45) is 5.73 Å². The summed E-state index contributed by atoms with van der Waals surface area (Å²) < 4.78 is 19.1. The summed E-state index contributed by atoms with van der Waals surface area (Å²) in [5, 5.41) is 0.534. The zero-order chi connectivity index (χ0) is 16.6. The number of nitrogens with zero attached hydrogens (tertiary/aromatic N) is 2. The van der Waals surface area contributed by atoms with E-state index in [0.29, 0.717) is 29.6 Å². The Labute approximate surface area is 137 Å². The molecule has 0 aliphatic carbocycles. The lowest BCUT2D eigenvalue weighted by Gasteiger charge is -2.32. The maximum absolute atomic E-state index is 13.6. The van der Waals surface area contributed by atoms with Crippen molar-refractivity contribution >= 4 is 29.1 Å². The van der Waals surface area contributed by atoms with E-state index >= 15 is 0 Å². The van der Waals surface area contributed by atoms with Crippen LogP contribution in [0.15, 0.2) is 18.2 Å². The molecule has 2 aliphatic heterocycles. The highest BCUT2D eigenvalue weighted by molar-refractivity contribution is 6.31. The number of rotatable bonds is 3. The number of carbonyl (C=O) groups is 2. The quantitative estimate of drug-likeness (QED) is 0.888. The highest BCUT2D eigenvalue weighted by Gasteiger charge is 2.39. The molecule has 0 saturated carbocycles. The van der Waals surface area contributed by atoms with Gasteiger partial charge in [0.15, 0.2) is 0 Å². The maximum Gasteiger partial charge on any atom is 0.242 e. The molecule has 0 bridgehead atoms. The normalized spacial score (nSPS) is 23.4. The first kappa shape index (κ1) is 15.9. The molecule has 0 spiro atoms. The number of hydrogen-bond donors (Lipinski definition) is 1. The highest BCUT2D eigenvalue weighted by atomic mass is 35.5. The van der Waals surface area contributed by atoms with Crippen molar-refractivity contribution < 1.29 is 18.7 Å². The Kier molecular flexibility index (Phi) is 4.30. The fourth-order valence-electron chi connectivity index (χ4n) is 2.99. The first-order chi connectivity index (χ1) is 11.0. The average Bonchev–Trinajstić information content (AvgIpc) is 2.90. The molecule has 2 N–H and O–H groups in total. The van der Waals surface area contributed by atoms with Gasteiger partial charge in [0, 0.05) is 11.4 Å². The largest absolute Gasteiger partial charge is 0.490 e. The number of nitrogens with two attached hydrogens (primary N) is 1. The number of hydrogen-bond acceptors (Lipinski definition) is 4. The lowest BCUT2D eigenvalue weighted by Crippen LogP contribution is -2.48. The summed E-state index contributed by atoms with van der Waals surface area (Å²) in [6, 6.07) is 4.30. The molecule has 8 heteroatoms. The van der Waals surface area contributed by atoms with Crippen LogP contribution in [0.5, 0.6) is 5.75 Å². The molecular weight excluding hydrogens is 325 g/mol. The van der Waals surface area contributed by atoms with Crippen molar-refractivity contribution in [2.75, 3.05) is 31.1 Å². The predicted molar refractivity (Wildman–Crippen MR) is 83.4 cm³/mol. The van der Waals surface area contributed by atoms with E-state index in [1.54, 1.807) is 18.2 Å². The van der Waals surface area contributed by atoms with Gasteiger partial charge in [-0.1, -0.05) is 11.6 Å². The monoisotopic (exact) mass is 341 g/mol. The second kappa shape index (κ2) is 6.23. The number of primary amides is 1. The van der Waals surface area contributed by atoms with E-state index < -0.39 is 18.1 Å². The van der Waals surface area contributed by atoms with Crippen molar-refractivity contribution in [2.45, 2.75) is 18.6 Å². The minimum absolute atomic E-state index is 0.0210. The van der Waals surface area contributed by atoms with Crippen LogP contribution in [0.25, 0.3) is 0 Å². The van der Waals surface area contributed by atoms with Crippen molar-refractivity contribution in [1.82, 2.24) is 4.90 Å². The van der Waals surface area contributed by atoms with Gasteiger partial charge in [0.25, 0.3) is 0 Å². The summed E-state index contributed by atoms with van der Waals surface area (Å²) in [5.41, 5.74) is 5.98. The number of benzene rings is 1. The third-order valence-corrected chi connectivity index (χ3v) is 4.34. The third kappa shape index (κ3) is 3.19. The molecule has 2 amide bonds. The molecule has 1 aromatic carbocycles. The first-order valence-electron chi connectivity index (χ1n) is 7.36. The van der Waals surface area contributed by atoms with Gasteiger partial charge in [0.1, 0.15) is 24.6 Å². The first-order valence-corrected chi connectivity index (χ1v) is 7.73. The minimum atomic E-state index is -1.22. The molecule has 1 aromatic rings. The van der Waals surface area contributed by atoms with Gasteiger partial charge in [0.05, 0.1) is 25.3 Å². The molecule has 0 unspecified atom stereocenters. The van der Waals surface area contributed by atoms with Crippen LogP contribution in [0.4, 0.5) is 10.1 Å². The van der Waals surface area contributed by atoms with E-state index in [1.165, 1.54) is 4.90 Å². The van der Waals surface area contributed by atoms with Crippen LogP contribution in [0, 0.1) is 0 Å². The zero-order valence-corrected chi connectivity index (χ0v) is 13.1. The predicted octanol–water partition coefficient (Wildman–Crippen LogP) is 0.963. The number of alkyl halides is 1. The molecule has 23 heavy (non-hydrogen) atoms. The number of halogens is 2. The van der Waals surface area contributed by atoms with Gasteiger partial charge in [-0.3, -0.25) is 9.59 Å². The van der Waals surface area contributed by atoms with Gasteiger partial charge in [-0.15, -0.1) is 0 Å². The van der Waals surface area contributed by atoms with Gasteiger partial charge in [-0.25, -0.2) is 4.39 Å². The standard InChI is InChI=1S/C15H17ClFN3O3/c16-9-1-2-13-11(5-9)19(3-4-23-13)8-14(21)20-7-10(17)6-12(20)15(18)22/h1-2,5,10,12H,3-4,6-8H2,(H2,18,22)/t10-,12+/m1/s1. The Hall–Kier alpha value is -2.02. The van der Waals surface area contributed by atoms with E-state index in [2.05, 4.69) is 0 Å². The summed E-state index contributed by atoms with van der Waals surface area (Å²) in [4.78, 5) is 27.0. The fraction of sp³-hybridized carbons (Fsp3) is 0.467. The maximum atomic E-state index is 13.6. The van der Waals surface area contributed by atoms with Gasteiger partial charge >= 0.3 is 0 Å². The van der Waals surface area contributed by atoms with E-state index in [9.17, 15) is 14.0 Å². The Balaban J connectivity index is 1.76. The second-order valence-corrected chi connectivity index (χ2v) is 6.12. The van der Waals surface area contributed by atoms with Crippen LogP contribution in [0.3, 0.4) is 0 Å². The average molecular weight is 342 g/mol. The molecule has 2 aliphatic rings. The smallest absolute Gasteiger partial charge is 0.242 e. The third-order valence-electron chi connectivity index (χ3n) is 4.11. The van der Waals surface area contributed by atoms with Crippen molar-refractivity contribution in [1.29, 1.82) is 0 Å². The van der Waals surface area contributed by atoms with Crippen LogP contribution in [0.1, 0.15) is 6.42 Å². The molecule has 124 valence electrons. The molecular formula is C15H17ClFN3O3. The number of amides is 2. The highest BCUT2D eigenvalue weighted by Crippen LogP contribution is 2.34. The molecule has 2 heterocycles. The van der Waals surface area contributed by atoms with Gasteiger partial charge < -0.3 is 20.3 Å². The summed E-state index contributed by atoms with van der Waals surface area (Å²) in [6.07, 6.45) is -1.25. The molecule has 3 rings (SSSR count). The Bertz CT molecular complexity index is 642. The van der Waals surface area contributed by atoms with Crippen molar-refractivity contribution in [3.05, 3.63) is 23.2 Å². The van der Waals surface area contributed by atoms with E-state index in [-0.39, 0.29) is 25.4 Å². The van der Waals surface area contributed by atoms with Crippen molar-refractivity contribution in [3.8, 4) is 5.75 Å².